The van der Waals surface area contributed by atoms with Crippen molar-refractivity contribution in [2.45, 2.75) is 116 Å². The van der Waals surface area contributed by atoms with Crippen LogP contribution in [0.5, 0.6) is 0 Å². The first-order chi connectivity index (χ1) is 20.3. The zero-order chi connectivity index (χ0) is 31.3. The van der Waals surface area contributed by atoms with Crippen LogP contribution in [0.25, 0.3) is 11.0 Å². The molecule has 0 spiro atoms. The van der Waals surface area contributed by atoms with Crippen LogP contribution in [0.2, 0.25) is 0 Å². The van der Waals surface area contributed by atoms with Crippen LogP contribution in [0.15, 0.2) is 41.8 Å². The molecule has 0 aliphatic carbocycles. The molecule has 2 unspecified atom stereocenters. The van der Waals surface area contributed by atoms with Crippen molar-refractivity contribution in [3.63, 3.8) is 0 Å². The van der Waals surface area contributed by atoms with Gasteiger partial charge in [-0.3, -0.25) is 0 Å². The van der Waals surface area contributed by atoms with Gasteiger partial charge >= 0.3 is 46.1 Å². The third-order valence-electron chi connectivity index (χ3n) is 6.32. The van der Waals surface area contributed by atoms with Gasteiger partial charge < -0.3 is 37.0 Å². The number of alkyl halides is 1. The standard InChI is InChI=1S/C12H17N3OS.C12H17N3O.C4H9Br.C4H9.BrH.2Mg.2H/c1-3-4-5-11(16)10-7-6-9-8-13-12(17-2)14-15(9)10;1-3-4-5-12(16)11-7-6-10-8-13-9(2)14-15(10)11;1-2-3-4-5;1-3-4-2;;;;;/h6-8,11,16H,3-5H2,1-2H3;6-8,12,16H,3-5H2,1-2H3;2-4H2,1H3;1,3-4H2,2H3;1H;;;;/q;;;-1;;2*+2;2*-1/p-1. The maximum absolute atomic E-state index is 10.1. The van der Waals surface area contributed by atoms with E-state index >= 15 is 0 Å². The number of fused-ring (bicyclic) bond motifs is 2. The van der Waals surface area contributed by atoms with Crippen LogP contribution >= 0.6 is 27.7 Å². The first-order valence-corrected chi connectivity index (χ1v) is 17.6. The molecule has 0 saturated heterocycles. The van der Waals surface area contributed by atoms with Crippen LogP contribution in [0.1, 0.15) is 124 Å². The quantitative estimate of drug-likeness (QED) is 0.0881. The average Bonchev–Trinajstić information content (AvgIpc) is 3.63. The number of hydrogen-bond donors (Lipinski definition) is 2. The Kier molecular flexibility index (Phi) is 33.0. The predicted octanol–water partition coefficient (Wildman–Crippen LogP) is 5.21. The second-order valence-corrected chi connectivity index (χ2v) is 11.5. The van der Waals surface area contributed by atoms with E-state index in [1.807, 2.05) is 37.4 Å². The number of halogens is 2. The molecule has 0 bridgehead atoms. The molecule has 2 atom stereocenters. The summed E-state index contributed by atoms with van der Waals surface area (Å²) in [5.74, 6) is 0.715. The van der Waals surface area contributed by atoms with Crippen molar-refractivity contribution in [3.05, 3.63) is 60.8 Å². The average molecular weight is 795 g/mol. The molecule has 2 N–H and O–H groups in total. The van der Waals surface area contributed by atoms with E-state index in [-0.39, 0.29) is 65.9 Å². The minimum atomic E-state index is -0.443. The molecule has 0 fully saturated rings. The second-order valence-electron chi connectivity index (χ2n) is 9.95. The van der Waals surface area contributed by atoms with Crippen molar-refractivity contribution in [2.75, 3.05) is 11.6 Å². The van der Waals surface area contributed by atoms with Gasteiger partial charge in [0.1, 0.15) is 5.82 Å². The zero-order valence-corrected chi connectivity index (χ0v) is 35.1. The number of aliphatic hydroxyl groups is 2. The molecule has 4 aromatic rings. The molecule has 0 aromatic carbocycles. The predicted molar refractivity (Wildman–Crippen MR) is 194 cm³/mol. The van der Waals surface area contributed by atoms with Gasteiger partial charge in [0, 0.05) is 5.33 Å². The van der Waals surface area contributed by atoms with Crippen molar-refractivity contribution in [1.82, 2.24) is 29.2 Å². The Labute approximate surface area is 329 Å². The van der Waals surface area contributed by atoms with Gasteiger partial charge in [-0.05, 0) is 56.7 Å². The van der Waals surface area contributed by atoms with Crippen LogP contribution in [-0.2, 0) is 0 Å². The van der Waals surface area contributed by atoms with Crippen molar-refractivity contribution in [1.29, 1.82) is 0 Å². The van der Waals surface area contributed by atoms with Crippen LogP contribution < -0.4 is 17.0 Å². The van der Waals surface area contributed by atoms with Crippen molar-refractivity contribution in [2.24, 2.45) is 0 Å². The minimum absolute atomic E-state index is 0. The Bertz CT molecular complexity index is 1270. The van der Waals surface area contributed by atoms with E-state index in [4.69, 9.17) is 0 Å². The Hall–Kier alpha value is 0.00247. The Morgan fingerprint density at radius 1 is 0.800 bits per heavy atom. The number of thioether (sulfide) groups is 1. The van der Waals surface area contributed by atoms with Crippen molar-refractivity contribution < 1.29 is 30.0 Å². The molecule has 4 aromatic heterocycles. The molecule has 0 saturated carbocycles. The molecule has 248 valence electrons. The monoisotopic (exact) mass is 792 g/mol. The first-order valence-electron chi connectivity index (χ1n) is 15.2. The molecule has 4 rings (SSSR count). The Morgan fingerprint density at radius 3 is 1.62 bits per heavy atom. The summed E-state index contributed by atoms with van der Waals surface area (Å²) in [6, 6.07) is 7.72. The molecular formula is C32H54Br2Mg2N6O2S. The van der Waals surface area contributed by atoms with Crippen LogP contribution in [0.3, 0.4) is 0 Å². The van der Waals surface area contributed by atoms with Gasteiger partial charge in [-0.25, -0.2) is 19.0 Å². The third-order valence-corrected chi connectivity index (χ3v) is 7.43. The molecule has 13 heteroatoms. The second kappa shape index (κ2) is 30.1. The van der Waals surface area contributed by atoms with E-state index in [1.165, 1.54) is 31.0 Å². The van der Waals surface area contributed by atoms with E-state index in [0.29, 0.717) is 5.82 Å². The van der Waals surface area contributed by atoms with Gasteiger partial charge in [-0.2, -0.15) is 11.5 Å². The molecule has 0 aliphatic rings. The van der Waals surface area contributed by atoms with E-state index in [0.717, 1.165) is 77.9 Å². The van der Waals surface area contributed by atoms with E-state index in [1.54, 1.807) is 21.4 Å². The van der Waals surface area contributed by atoms with Gasteiger partial charge in [-0.1, -0.05) is 93.9 Å². The van der Waals surface area contributed by atoms with Crippen LogP contribution in [0.4, 0.5) is 0 Å². The summed E-state index contributed by atoms with van der Waals surface area (Å²) in [6.07, 6.45) is 15.3. The fourth-order valence-corrected chi connectivity index (χ4v) is 4.62. The topological polar surface area (TPSA) is 101 Å². The SMILES string of the molecule is CCCCBr.CCCCC(O)c1ccc2cnc(C)nn12.CCCCC(O)c1ccc2cnc(SC)nn12.[Br-].[CH2-]CCC.[H-].[H-].[Mg+2].[Mg+2]. The fraction of sp³-hybridized carbons (Fsp3) is 0.594. The van der Waals surface area contributed by atoms with Crippen LogP contribution in [0, 0.1) is 13.8 Å². The molecule has 0 aliphatic heterocycles. The zero-order valence-electron chi connectivity index (χ0n) is 30.3. The largest absolute Gasteiger partial charge is 2.00 e. The molecule has 45 heavy (non-hydrogen) atoms. The molecule has 4 heterocycles. The van der Waals surface area contributed by atoms with E-state index in [9.17, 15) is 10.2 Å². The van der Waals surface area contributed by atoms with E-state index < -0.39 is 12.2 Å². The van der Waals surface area contributed by atoms with Gasteiger partial charge in [0.15, 0.2) is 0 Å². The van der Waals surface area contributed by atoms with Gasteiger partial charge in [0.05, 0.1) is 47.0 Å². The molecular weight excluding hydrogens is 741 g/mol. The molecule has 0 radical (unpaired) electrons. The number of aryl methyl sites for hydroxylation is 1. The minimum Gasteiger partial charge on any atom is -1.00 e. The normalized spacial score (nSPS) is 11.2. The molecule has 8 nitrogen and oxygen atoms in total. The molecule has 0 amide bonds. The summed E-state index contributed by atoms with van der Waals surface area (Å²) >= 11 is 4.81. The Morgan fingerprint density at radius 2 is 1.24 bits per heavy atom. The number of hydrogen-bond acceptors (Lipinski definition) is 7. The summed E-state index contributed by atoms with van der Waals surface area (Å²) in [7, 11) is 0. The number of aliphatic hydroxyl groups excluding tert-OH is 2. The maximum Gasteiger partial charge on any atom is 2.00 e. The fourth-order valence-electron chi connectivity index (χ4n) is 3.73. The van der Waals surface area contributed by atoms with Crippen LogP contribution in [-0.4, -0.2) is 97.1 Å². The number of rotatable bonds is 12. The first kappa shape index (κ1) is 49.4. The third kappa shape index (κ3) is 18.4. The summed E-state index contributed by atoms with van der Waals surface area (Å²) in [4.78, 5) is 8.34. The summed E-state index contributed by atoms with van der Waals surface area (Å²) in [5, 5.41) is 30.7. The van der Waals surface area contributed by atoms with Gasteiger partial charge in [-0.15, -0.1) is 5.10 Å². The summed E-state index contributed by atoms with van der Waals surface area (Å²) in [6.45, 7) is 14.0. The number of unbranched alkanes of at least 4 members (excludes halogenated alkanes) is 4. The summed E-state index contributed by atoms with van der Waals surface area (Å²) in [5.41, 5.74) is 3.56. The number of aromatic nitrogens is 6. The van der Waals surface area contributed by atoms with Crippen molar-refractivity contribution in [3.8, 4) is 0 Å². The summed E-state index contributed by atoms with van der Waals surface area (Å²) < 4.78 is 3.57. The van der Waals surface area contributed by atoms with Crippen molar-refractivity contribution >= 4 is 84.8 Å². The number of nitrogens with zero attached hydrogens (tertiary/aromatic N) is 6. The maximum atomic E-state index is 10.1. The van der Waals surface area contributed by atoms with E-state index in [2.05, 4.69) is 70.7 Å². The Balaban J connectivity index is -0.000000184. The smallest absolute Gasteiger partial charge is 1.00 e. The van der Waals surface area contributed by atoms with Gasteiger partial charge in [0.2, 0.25) is 5.16 Å². The van der Waals surface area contributed by atoms with Gasteiger partial charge in [0.25, 0.3) is 0 Å².